The molecular weight excluding hydrogens is 369 g/mol. The largest absolute Gasteiger partial charge is 0.631 e. The number of anilines is 3. The number of benzene rings is 3. The topological polar surface area (TPSA) is 63.9 Å². The first-order valence-electron chi connectivity index (χ1n) is 8.65. The Morgan fingerprint density at radius 2 is 0.786 bits per heavy atom. The van der Waals surface area contributed by atoms with Gasteiger partial charge in [-0.05, 0) is 47.2 Å². The summed E-state index contributed by atoms with van der Waals surface area (Å²) in [7, 11) is -2.17. The van der Waals surface area contributed by atoms with Crippen LogP contribution in [-0.2, 0) is 0 Å². The van der Waals surface area contributed by atoms with Crippen LogP contribution in [0.15, 0.2) is 114 Å². The predicted molar refractivity (Wildman–Crippen MR) is 118 cm³/mol. The molecule has 0 aliphatic carbocycles. The summed E-state index contributed by atoms with van der Waals surface area (Å²) >= 11 is 1.71. The quantitative estimate of drug-likeness (QED) is 0.437. The second kappa shape index (κ2) is 12.5. The van der Waals surface area contributed by atoms with E-state index in [1.165, 1.54) is 17.1 Å². The summed E-state index contributed by atoms with van der Waals surface area (Å²) < 4.78 is 0. The number of nitrogens with zero attached hydrogens (tertiary/aromatic N) is 1. The highest BCUT2D eigenvalue weighted by Gasteiger charge is 2.10. The summed E-state index contributed by atoms with van der Waals surface area (Å²) in [5.41, 5.74) is 3.50. The van der Waals surface area contributed by atoms with Gasteiger partial charge in [0.1, 0.15) is 0 Å². The molecule has 4 rings (SSSR count). The zero-order valence-corrected chi connectivity index (χ0v) is 16.1. The van der Waals surface area contributed by atoms with Gasteiger partial charge in [0.25, 0.3) is 0 Å². The highest BCUT2D eigenvalue weighted by Crippen LogP contribution is 2.33. The minimum absolute atomic E-state index is 1.17. The highest BCUT2D eigenvalue weighted by atomic mass is 32.1. The van der Waals surface area contributed by atoms with Crippen LogP contribution in [0.1, 0.15) is 0 Å². The highest BCUT2D eigenvalue weighted by molar-refractivity contribution is 7.07. The molecule has 0 amide bonds. The van der Waals surface area contributed by atoms with Crippen LogP contribution < -0.4 is 4.90 Å². The summed E-state index contributed by atoms with van der Waals surface area (Å²) in [6.45, 7) is 0. The second-order valence-electron chi connectivity index (χ2n) is 5.48. The van der Waals surface area contributed by atoms with Gasteiger partial charge in [0.2, 0.25) is 0 Å². The zero-order valence-electron chi connectivity index (χ0n) is 15.2. The van der Waals surface area contributed by atoms with E-state index in [0.717, 1.165) is 0 Å². The molecule has 0 bridgehead atoms. The van der Waals surface area contributed by atoms with Crippen LogP contribution in [-0.4, -0.2) is 22.4 Å². The molecule has 0 atom stereocenters. The summed E-state index contributed by atoms with van der Waals surface area (Å²) in [5, 5.41) is 25.6. The van der Waals surface area contributed by atoms with Crippen molar-refractivity contribution in [2.75, 3.05) is 4.90 Å². The molecule has 1 aromatic heterocycles. The molecular formula is C22H22BNO3S. The van der Waals surface area contributed by atoms with E-state index in [4.69, 9.17) is 15.1 Å². The number of rotatable bonds is 3. The van der Waals surface area contributed by atoms with Crippen LogP contribution in [0.4, 0.5) is 17.1 Å². The molecule has 3 aromatic carbocycles. The third kappa shape index (κ3) is 7.78. The first-order valence-corrected chi connectivity index (χ1v) is 9.59. The maximum Gasteiger partial charge on any atom is 0.631 e. The lowest BCUT2D eigenvalue weighted by atomic mass is 10.2. The molecule has 3 N–H and O–H groups in total. The Morgan fingerprint density at radius 1 is 0.500 bits per heavy atom. The number of thiophene rings is 1. The number of hydrogen-bond acceptors (Lipinski definition) is 5. The van der Waals surface area contributed by atoms with Gasteiger partial charge < -0.3 is 20.0 Å². The Kier molecular flexibility index (Phi) is 9.54. The van der Waals surface area contributed by atoms with Crippen molar-refractivity contribution in [3.8, 4) is 0 Å². The minimum atomic E-state index is -2.17. The first kappa shape index (κ1) is 21.4. The van der Waals surface area contributed by atoms with E-state index in [1.807, 2.05) is 41.1 Å². The monoisotopic (exact) mass is 391 g/mol. The SMILES string of the molecule is OB(O)O.c1ccc(N(c2ccccc2)c2ccccc2)cc1.c1ccsc1. The van der Waals surface area contributed by atoms with Crippen LogP contribution in [0.5, 0.6) is 0 Å². The van der Waals surface area contributed by atoms with Crippen molar-refractivity contribution >= 4 is 35.7 Å². The smallest absolute Gasteiger partial charge is 0.402 e. The van der Waals surface area contributed by atoms with E-state index >= 15 is 0 Å². The van der Waals surface area contributed by atoms with Crippen molar-refractivity contribution in [1.82, 2.24) is 0 Å². The maximum atomic E-state index is 7.17. The van der Waals surface area contributed by atoms with E-state index in [1.54, 1.807) is 11.3 Å². The number of para-hydroxylation sites is 3. The van der Waals surface area contributed by atoms with Gasteiger partial charge in [-0.15, -0.1) is 0 Å². The summed E-state index contributed by atoms with van der Waals surface area (Å²) in [4.78, 5) is 2.25. The van der Waals surface area contributed by atoms with Crippen molar-refractivity contribution in [3.05, 3.63) is 114 Å². The standard InChI is InChI=1S/C18H15N.C4H4S.BH3O3/c1-4-10-16(11-5-1)19(17-12-6-2-7-13-17)18-14-8-3-9-15-18;1-2-4-5-3-1;2-1(3)4/h1-15H;1-4H;2-4H. The van der Waals surface area contributed by atoms with Gasteiger partial charge >= 0.3 is 7.32 Å². The molecule has 6 heteroatoms. The fraction of sp³-hybridized carbons (Fsp3) is 0. The lowest BCUT2D eigenvalue weighted by Crippen LogP contribution is -2.09. The average molecular weight is 391 g/mol. The molecule has 0 aliphatic rings. The molecule has 142 valence electrons. The third-order valence-corrected chi connectivity index (χ3v) is 4.10. The fourth-order valence-corrected chi connectivity index (χ4v) is 2.86. The lowest BCUT2D eigenvalue weighted by molar-refractivity contribution is 0.278. The van der Waals surface area contributed by atoms with Crippen LogP contribution >= 0.6 is 11.3 Å². The Morgan fingerprint density at radius 3 is 1.00 bits per heavy atom. The van der Waals surface area contributed by atoms with Crippen LogP contribution in [0, 0.1) is 0 Å². The van der Waals surface area contributed by atoms with Gasteiger partial charge in [0, 0.05) is 17.1 Å². The predicted octanol–water partition coefficient (Wildman–Crippen LogP) is 4.85. The molecule has 4 aromatic rings. The van der Waals surface area contributed by atoms with Crippen molar-refractivity contribution < 1.29 is 15.1 Å². The van der Waals surface area contributed by atoms with Crippen molar-refractivity contribution in [3.63, 3.8) is 0 Å². The molecule has 28 heavy (non-hydrogen) atoms. The van der Waals surface area contributed by atoms with E-state index in [9.17, 15) is 0 Å². The van der Waals surface area contributed by atoms with E-state index in [-0.39, 0.29) is 0 Å². The Labute approximate surface area is 169 Å². The Hall–Kier alpha value is -2.90. The molecule has 0 saturated heterocycles. The molecule has 4 nitrogen and oxygen atoms in total. The minimum Gasteiger partial charge on any atom is -0.402 e. The number of hydrogen-bond donors (Lipinski definition) is 3. The molecule has 0 aliphatic heterocycles. The van der Waals surface area contributed by atoms with Crippen molar-refractivity contribution in [2.45, 2.75) is 0 Å². The van der Waals surface area contributed by atoms with Gasteiger partial charge in [-0.2, -0.15) is 11.3 Å². The van der Waals surface area contributed by atoms with Gasteiger partial charge in [0.05, 0.1) is 0 Å². The zero-order chi connectivity index (χ0) is 20.0. The summed E-state index contributed by atoms with van der Waals surface area (Å²) in [6, 6.07) is 35.3. The lowest BCUT2D eigenvalue weighted by Gasteiger charge is -2.25. The third-order valence-electron chi connectivity index (χ3n) is 3.47. The fourth-order valence-electron chi connectivity index (χ4n) is 2.41. The van der Waals surface area contributed by atoms with Crippen molar-refractivity contribution in [2.24, 2.45) is 0 Å². The summed E-state index contributed by atoms with van der Waals surface area (Å²) in [6.07, 6.45) is 0. The Bertz CT molecular complexity index is 746. The molecule has 0 saturated carbocycles. The molecule has 0 unspecified atom stereocenters. The van der Waals surface area contributed by atoms with Crippen LogP contribution in [0.2, 0.25) is 0 Å². The maximum absolute atomic E-state index is 7.17. The summed E-state index contributed by atoms with van der Waals surface area (Å²) in [5.74, 6) is 0. The first-order chi connectivity index (χ1) is 13.7. The second-order valence-corrected chi connectivity index (χ2v) is 6.30. The molecule has 1 heterocycles. The molecule has 0 fully saturated rings. The van der Waals surface area contributed by atoms with Gasteiger partial charge in [-0.1, -0.05) is 66.7 Å². The van der Waals surface area contributed by atoms with E-state index in [0.29, 0.717) is 0 Å². The van der Waals surface area contributed by atoms with E-state index in [2.05, 4.69) is 77.7 Å². The van der Waals surface area contributed by atoms with Crippen LogP contribution in [0.25, 0.3) is 0 Å². The molecule has 0 radical (unpaired) electrons. The molecule has 0 spiro atoms. The average Bonchev–Trinajstić information content (AvgIpc) is 3.31. The normalized spacial score (nSPS) is 9.25. The Balaban J connectivity index is 0.000000259. The van der Waals surface area contributed by atoms with Gasteiger partial charge in [-0.25, -0.2) is 0 Å². The van der Waals surface area contributed by atoms with Gasteiger partial charge in [-0.3, -0.25) is 0 Å². The van der Waals surface area contributed by atoms with Gasteiger partial charge in [0.15, 0.2) is 0 Å². The van der Waals surface area contributed by atoms with E-state index < -0.39 is 7.32 Å². The van der Waals surface area contributed by atoms with Crippen LogP contribution in [0.3, 0.4) is 0 Å². The van der Waals surface area contributed by atoms with Crippen molar-refractivity contribution in [1.29, 1.82) is 0 Å².